The van der Waals surface area contributed by atoms with Crippen LogP contribution in [0.2, 0.25) is 0 Å². The molecule has 4 aliphatic rings. The zero-order chi connectivity index (χ0) is 44.5. The number of aliphatic hydroxyl groups is 4. The zero-order valence-corrected chi connectivity index (χ0v) is 39.4. The molecule has 0 aliphatic carbocycles. The molecule has 3 saturated heterocycles. The van der Waals surface area contributed by atoms with E-state index in [1.165, 1.54) is 30.4 Å². The lowest BCUT2D eigenvalue weighted by atomic mass is 9.75. The zero-order valence-electron chi connectivity index (χ0n) is 37.8. The molecule has 3 unspecified atom stereocenters. The number of likely N-dealkylation sites (N-methyl/N-ethyl adjacent to an activating group) is 1. The number of thioether (sulfide) groups is 2. The average molecular weight is 885 g/mol. The molecule has 0 radical (unpaired) electrons. The summed E-state index contributed by atoms with van der Waals surface area (Å²) in [5.41, 5.74) is -3.81. The molecule has 60 heavy (non-hydrogen) atoms. The van der Waals surface area contributed by atoms with Crippen molar-refractivity contribution in [3.8, 4) is 0 Å². The van der Waals surface area contributed by atoms with Gasteiger partial charge in [-0.15, -0.1) is 0 Å². The molecule has 1 aromatic rings. The standard InChI is InChI=1S/C44H72N2O12S2/c1-14-33-44(10,51)38(48)26(5)36(45-58-41-59-31-17-15-16-18-32(31)60-41)23(2)21-42(8,50)34(57-40-37(47)29(46(11)12)19-24(3)53-40)20-30(25(4)39(49)56-33)55-35-22-43(9,52-13)27(6)28(7)54-35/h15-18,23-30,33-35,37-38,40-41,47-48,50-51H,14,19-22H2,1-13H3/b45-36+/t23-,24-,25-,26+,27+,28+,29+,30+,33-,34-,35?,37-,38-,40?,42-,43-,44?/m1/s1. The Morgan fingerprint density at radius 2 is 1.55 bits per heavy atom. The topological polar surface area (TPSA) is 178 Å². The van der Waals surface area contributed by atoms with Gasteiger partial charge in [-0.2, -0.15) is 0 Å². The molecule has 0 spiro atoms. The van der Waals surface area contributed by atoms with E-state index in [0.29, 0.717) is 18.6 Å². The van der Waals surface area contributed by atoms with Crippen LogP contribution in [-0.4, -0.2) is 141 Å². The Kier molecular flexibility index (Phi) is 16.6. The fourth-order valence-corrected chi connectivity index (χ4v) is 11.6. The Labute approximate surface area is 365 Å². The second-order valence-electron chi connectivity index (χ2n) is 18.5. The van der Waals surface area contributed by atoms with E-state index in [-0.39, 0.29) is 43.4 Å². The van der Waals surface area contributed by atoms with Crippen LogP contribution in [0.15, 0.2) is 39.2 Å². The Balaban J connectivity index is 1.57. The Hall–Kier alpha value is -1.54. The third-order valence-electron chi connectivity index (χ3n) is 13.6. The highest BCUT2D eigenvalue weighted by Crippen LogP contribution is 2.48. The molecule has 0 saturated carbocycles. The van der Waals surface area contributed by atoms with Crippen molar-refractivity contribution < 1.29 is 58.5 Å². The van der Waals surface area contributed by atoms with Crippen LogP contribution in [0.25, 0.3) is 0 Å². The van der Waals surface area contributed by atoms with E-state index < -0.39 is 88.4 Å². The number of nitrogens with zero attached hydrogens (tertiary/aromatic N) is 2. The van der Waals surface area contributed by atoms with Crippen LogP contribution < -0.4 is 0 Å². The molecule has 16 heteroatoms. The number of hydrogen-bond donors (Lipinski definition) is 4. The summed E-state index contributed by atoms with van der Waals surface area (Å²) in [6.45, 7) is 18.1. The minimum Gasteiger partial charge on any atom is -0.459 e. The van der Waals surface area contributed by atoms with Crippen molar-refractivity contribution in [2.75, 3.05) is 21.2 Å². The fraction of sp³-hybridized carbons (Fsp3) is 0.818. The summed E-state index contributed by atoms with van der Waals surface area (Å²) in [5, 5.41) is 53.2. The molecule has 0 bridgehead atoms. The van der Waals surface area contributed by atoms with Crippen LogP contribution in [-0.2, 0) is 38.1 Å². The number of esters is 1. The maximum absolute atomic E-state index is 14.3. The number of oxime groups is 1. The summed E-state index contributed by atoms with van der Waals surface area (Å²) in [4.78, 5) is 24.6. The van der Waals surface area contributed by atoms with E-state index in [9.17, 15) is 25.2 Å². The molecule has 342 valence electrons. The predicted molar refractivity (Wildman–Crippen MR) is 230 cm³/mol. The number of methoxy groups -OCH3 is 1. The van der Waals surface area contributed by atoms with Gasteiger partial charge in [0.05, 0.1) is 53.4 Å². The smallest absolute Gasteiger partial charge is 0.311 e. The first kappa shape index (κ1) is 49.5. The maximum Gasteiger partial charge on any atom is 0.311 e. The largest absolute Gasteiger partial charge is 0.459 e. The molecule has 4 heterocycles. The summed E-state index contributed by atoms with van der Waals surface area (Å²) in [5.74, 6) is -2.98. The summed E-state index contributed by atoms with van der Waals surface area (Å²) < 4.78 is 37.8. The van der Waals surface area contributed by atoms with E-state index in [2.05, 4.69) is 12.1 Å². The number of aliphatic hydroxyl groups excluding tert-OH is 2. The van der Waals surface area contributed by atoms with E-state index >= 15 is 0 Å². The monoisotopic (exact) mass is 884 g/mol. The molecule has 4 aliphatic heterocycles. The van der Waals surface area contributed by atoms with Crippen LogP contribution in [0.5, 0.6) is 0 Å². The number of hydrogen-bond acceptors (Lipinski definition) is 16. The van der Waals surface area contributed by atoms with Crippen LogP contribution in [0.1, 0.15) is 101 Å². The lowest BCUT2D eigenvalue weighted by molar-refractivity contribution is -0.302. The summed E-state index contributed by atoms with van der Waals surface area (Å²) in [7, 11) is 5.44. The van der Waals surface area contributed by atoms with Gasteiger partial charge in [0.1, 0.15) is 17.8 Å². The lowest BCUT2D eigenvalue weighted by Gasteiger charge is -2.48. The SMILES string of the molecule is CC[C@H]1OC(=O)[C@H](C)[C@@H](OC2C[C@@](C)(OC)[C@@H](C)[C@H](C)O2)C[C@@H](OC2O[C@H](C)C[C@H](N(C)C)[C@H]2O)[C@](C)(O)C[C@@H](C)/C(=N\OC2Sc3ccccc3S2)[C@H](C)[C@@H](O)C1(C)O. The van der Waals surface area contributed by atoms with Crippen LogP contribution in [0.4, 0.5) is 0 Å². The number of fused-ring (bicyclic) bond motifs is 1. The second kappa shape index (κ2) is 20.1. The van der Waals surface area contributed by atoms with Crippen molar-refractivity contribution >= 4 is 35.2 Å². The molecular weight excluding hydrogens is 813 g/mol. The number of carbonyl (C=O) groups excluding carboxylic acids is 1. The summed E-state index contributed by atoms with van der Waals surface area (Å²) >= 11 is 3.04. The highest BCUT2D eigenvalue weighted by molar-refractivity contribution is 8.19. The molecule has 0 amide bonds. The Morgan fingerprint density at radius 3 is 2.13 bits per heavy atom. The Morgan fingerprint density at radius 1 is 0.917 bits per heavy atom. The van der Waals surface area contributed by atoms with E-state index in [1.54, 1.807) is 34.8 Å². The second-order valence-corrected chi connectivity index (χ2v) is 21.0. The minimum atomic E-state index is -1.92. The number of ether oxygens (including phenoxy) is 6. The molecule has 5 rings (SSSR count). The van der Waals surface area contributed by atoms with Crippen molar-refractivity contribution in [1.82, 2.24) is 4.90 Å². The maximum atomic E-state index is 14.3. The average Bonchev–Trinajstić information content (AvgIpc) is 3.61. The minimum absolute atomic E-state index is 0.0333. The van der Waals surface area contributed by atoms with Crippen molar-refractivity contribution in [1.29, 1.82) is 0 Å². The van der Waals surface area contributed by atoms with E-state index in [0.717, 1.165) is 9.79 Å². The van der Waals surface area contributed by atoms with Gasteiger partial charge >= 0.3 is 5.97 Å². The number of rotatable bonds is 9. The van der Waals surface area contributed by atoms with Crippen molar-refractivity contribution in [2.24, 2.45) is 28.8 Å². The first-order valence-corrected chi connectivity index (χ1v) is 23.3. The predicted octanol–water partition coefficient (Wildman–Crippen LogP) is 5.80. The van der Waals surface area contributed by atoms with Crippen LogP contribution >= 0.6 is 23.5 Å². The summed E-state index contributed by atoms with van der Waals surface area (Å²) in [6, 6.07) is 7.68. The number of carbonyl (C=O) groups is 1. The molecular formula is C44H72N2O12S2. The molecule has 17 atom stereocenters. The number of benzene rings is 1. The van der Waals surface area contributed by atoms with Crippen LogP contribution in [0, 0.1) is 23.7 Å². The lowest BCUT2D eigenvalue weighted by Crippen LogP contribution is -2.59. The van der Waals surface area contributed by atoms with Gasteiger partial charge in [-0.25, -0.2) is 0 Å². The van der Waals surface area contributed by atoms with Gasteiger partial charge in [0, 0.05) is 53.5 Å². The van der Waals surface area contributed by atoms with Gasteiger partial charge in [-0.3, -0.25) is 4.79 Å². The molecule has 4 N–H and O–H groups in total. The molecule has 3 fully saturated rings. The summed E-state index contributed by atoms with van der Waals surface area (Å²) in [6.07, 6.45) is -7.04. The fourth-order valence-electron chi connectivity index (χ4n) is 9.20. The third kappa shape index (κ3) is 11.0. The highest BCUT2D eigenvalue weighted by Gasteiger charge is 2.51. The normalized spacial score (nSPS) is 44.6. The van der Waals surface area contributed by atoms with Crippen molar-refractivity contribution in [3.05, 3.63) is 24.3 Å². The first-order valence-electron chi connectivity index (χ1n) is 21.5. The number of cyclic esters (lactones) is 1. The van der Waals surface area contributed by atoms with E-state index in [1.807, 2.05) is 71.0 Å². The highest BCUT2D eigenvalue weighted by atomic mass is 32.2. The van der Waals surface area contributed by atoms with Gasteiger partial charge in [-0.05, 0) is 87.0 Å². The van der Waals surface area contributed by atoms with Gasteiger partial charge in [-0.1, -0.05) is 68.5 Å². The van der Waals surface area contributed by atoms with Gasteiger partial charge in [0.15, 0.2) is 12.6 Å². The van der Waals surface area contributed by atoms with E-state index in [4.69, 9.17) is 33.3 Å². The quantitative estimate of drug-likeness (QED) is 0.173. The van der Waals surface area contributed by atoms with Crippen molar-refractivity contribution in [2.45, 2.75) is 194 Å². The van der Waals surface area contributed by atoms with Gasteiger partial charge in [0.2, 0.25) is 4.77 Å². The first-order chi connectivity index (χ1) is 28.0. The van der Waals surface area contributed by atoms with Gasteiger partial charge in [0.25, 0.3) is 0 Å². The van der Waals surface area contributed by atoms with Gasteiger partial charge < -0.3 is 58.6 Å². The van der Waals surface area contributed by atoms with Crippen molar-refractivity contribution in [3.63, 3.8) is 0 Å². The van der Waals surface area contributed by atoms with Crippen LogP contribution in [0.3, 0.4) is 0 Å². The Bertz CT molecular complexity index is 1590. The molecule has 14 nitrogen and oxygen atoms in total. The third-order valence-corrected chi connectivity index (χ3v) is 16.1. The molecule has 1 aromatic carbocycles. The molecule has 0 aromatic heterocycles.